The minimum Gasteiger partial charge on any atom is -0.469 e. The molecule has 1 saturated carbocycles. The van der Waals surface area contributed by atoms with E-state index in [-0.39, 0.29) is 22.8 Å². The SMILES string of the molecule is CCC(N)C1(CC(=O)OC)CCCC1(C)C. The minimum absolute atomic E-state index is 0.0746. The summed E-state index contributed by atoms with van der Waals surface area (Å²) in [7, 11) is 1.45. The molecular weight excluding hydrogens is 202 g/mol. The van der Waals surface area contributed by atoms with E-state index in [0.717, 1.165) is 25.7 Å². The predicted molar refractivity (Wildman–Crippen MR) is 65.0 cm³/mol. The molecule has 1 aliphatic rings. The van der Waals surface area contributed by atoms with E-state index < -0.39 is 0 Å². The lowest BCUT2D eigenvalue weighted by molar-refractivity contribution is -0.146. The fraction of sp³-hybridized carbons (Fsp3) is 0.923. The molecule has 0 aliphatic heterocycles. The van der Waals surface area contributed by atoms with Gasteiger partial charge in [-0.15, -0.1) is 0 Å². The number of methoxy groups -OCH3 is 1. The van der Waals surface area contributed by atoms with E-state index in [1.165, 1.54) is 7.11 Å². The standard InChI is InChI=1S/C13H25NO2/c1-5-10(14)13(9-11(15)16-4)8-6-7-12(13,2)3/h10H,5-9,14H2,1-4H3. The van der Waals surface area contributed by atoms with Crippen LogP contribution in [0.15, 0.2) is 0 Å². The Morgan fingerprint density at radius 3 is 2.44 bits per heavy atom. The number of carbonyl (C=O) groups is 1. The molecule has 1 fully saturated rings. The Morgan fingerprint density at radius 1 is 1.44 bits per heavy atom. The van der Waals surface area contributed by atoms with Crippen molar-refractivity contribution in [3.63, 3.8) is 0 Å². The van der Waals surface area contributed by atoms with Crippen molar-refractivity contribution in [2.75, 3.05) is 7.11 Å². The summed E-state index contributed by atoms with van der Waals surface area (Å²) < 4.78 is 4.83. The van der Waals surface area contributed by atoms with Gasteiger partial charge in [0.25, 0.3) is 0 Å². The van der Waals surface area contributed by atoms with Gasteiger partial charge in [0, 0.05) is 11.5 Å². The molecular formula is C13H25NO2. The minimum atomic E-state index is -0.126. The van der Waals surface area contributed by atoms with Crippen molar-refractivity contribution >= 4 is 5.97 Å². The Hall–Kier alpha value is -0.570. The average molecular weight is 227 g/mol. The van der Waals surface area contributed by atoms with E-state index in [1.807, 2.05) is 0 Å². The summed E-state index contributed by atoms with van der Waals surface area (Å²) in [6.45, 7) is 6.56. The highest BCUT2D eigenvalue weighted by Crippen LogP contribution is 2.56. The van der Waals surface area contributed by atoms with E-state index >= 15 is 0 Å². The van der Waals surface area contributed by atoms with Gasteiger partial charge in [0.1, 0.15) is 0 Å². The average Bonchev–Trinajstić information content (AvgIpc) is 2.54. The molecule has 0 heterocycles. The first-order valence-electron chi connectivity index (χ1n) is 6.22. The van der Waals surface area contributed by atoms with Crippen LogP contribution < -0.4 is 5.73 Å². The highest BCUT2D eigenvalue weighted by molar-refractivity contribution is 5.70. The number of rotatable bonds is 4. The lowest BCUT2D eigenvalue weighted by Crippen LogP contribution is -2.49. The van der Waals surface area contributed by atoms with E-state index in [9.17, 15) is 4.79 Å². The molecule has 94 valence electrons. The number of hydrogen-bond donors (Lipinski definition) is 1. The van der Waals surface area contributed by atoms with Gasteiger partial charge in [-0.3, -0.25) is 4.79 Å². The number of nitrogens with two attached hydrogens (primary N) is 1. The van der Waals surface area contributed by atoms with Gasteiger partial charge in [0.2, 0.25) is 0 Å². The molecule has 16 heavy (non-hydrogen) atoms. The van der Waals surface area contributed by atoms with Gasteiger partial charge in [0.05, 0.1) is 13.5 Å². The van der Waals surface area contributed by atoms with Gasteiger partial charge in [-0.1, -0.05) is 27.2 Å². The first-order valence-corrected chi connectivity index (χ1v) is 6.22. The molecule has 0 aromatic carbocycles. The summed E-state index contributed by atoms with van der Waals surface area (Å²) in [6.07, 6.45) is 4.74. The summed E-state index contributed by atoms with van der Waals surface area (Å²) in [5.74, 6) is -0.126. The zero-order valence-electron chi connectivity index (χ0n) is 11.0. The third-order valence-corrected chi connectivity index (χ3v) is 4.61. The number of esters is 1. The molecule has 3 heteroatoms. The molecule has 2 unspecified atom stereocenters. The molecule has 2 N–H and O–H groups in total. The van der Waals surface area contributed by atoms with Crippen molar-refractivity contribution in [3.05, 3.63) is 0 Å². The van der Waals surface area contributed by atoms with Crippen LogP contribution in [0.5, 0.6) is 0 Å². The maximum absolute atomic E-state index is 11.6. The Balaban J connectivity index is 2.97. The van der Waals surface area contributed by atoms with Gasteiger partial charge in [-0.2, -0.15) is 0 Å². The van der Waals surface area contributed by atoms with Crippen molar-refractivity contribution in [2.45, 2.75) is 58.9 Å². The Kier molecular flexibility index (Phi) is 4.00. The normalized spacial score (nSPS) is 30.1. The Bertz CT molecular complexity index is 263. The first-order chi connectivity index (χ1) is 7.39. The summed E-state index contributed by atoms with van der Waals surface area (Å²) in [5, 5.41) is 0. The fourth-order valence-electron chi connectivity index (χ4n) is 3.30. The largest absolute Gasteiger partial charge is 0.469 e. The van der Waals surface area contributed by atoms with Crippen LogP contribution in [0.1, 0.15) is 52.9 Å². The third-order valence-electron chi connectivity index (χ3n) is 4.61. The van der Waals surface area contributed by atoms with Gasteiger partial charge in [0.15, 0.2) is 0 Å². The van der Waals surface area contributed by atoms with Crippen LogP contribution in [-0.2, 0) is 9.53 Å². The summed E-state index contributed by atoms with van der Waals surface area (Å²) in [4.78, 5) is 11.6. The quantitative estimate of drug-likeness (QED) is 0.751. The molecule has 3 nitrogen and oxygen atoms in total. The highest BCUT2D eigenvalue weighted by Gasteiger charge is 2.52. The van der Waals surface area contributed by atoms with Crippen LogP contribution in [0, 0.1) is 10.8 Å². The number of ether oxygens (including phenoxy) is 1. The van der Waals surface area contributed by atoms with Crippen LogP contribution >= 0.6 is 0 Å². The highest BCUT2D eigenvalue weighted by atomic mass is 16.5. The molecule has 0 radical (unpaired) electrons. The first kappa shape index (κ1) is 13.5. The molecule has 0 spiro atoms. The number of hydrogen-bond acceptors (Lipinski definition) is 3. The van der Waals surface area contributed by atoms with E-state index in [4.69, 9.17) is 10.5 Å². The second kappa shape index (κ2) is 4.74. The topological polar surface area (TPSA) is 52.3 Å². The van der Waals surface area contributed by atoms with Gasteiger partial charge in [-0.05, 0) is 24.7 Å². The molecule has 0 amide bonds. The molecule has 0 saturated heterocycles. The van der Waals surface area contributed by atoms with E-state index in [2.05, 4.69) is 20.8 Å². The van der Waals surface area contributed by atoms with E-state index in [0.29, 0.717) is 6.42 Å². The molecule has 1 rings (SSSR count). The smallest absolute Gasteiger partial charge is 0.306 e. The lowest BCUT2D eigenvalue weighted by atomic mass is 9.61. The molecule has 0 bridgehead atoms. The Labute approximate surface area is 98.7 Å². The predicted octanol–water partition coefficient (Wildman–Crippen LogP) is 2.48. The zero-order chi connectivity index (χ0) is 12.4. The Morgan fingerprint density at radius 2 is 2.06 bits per heavy atom. The third kappa shape index (κ3) is 2.10. The summed E-state index contributed by atoms with van der Waals surface area (Å²) in [6, 6.07) is 0.0871. The van der Waals surface area contributed by atoms with Crippen molar-refractivity contribution in [1.82, 2.24) is 0 Å². The summed E-state index contributed by atoms with van der Waals surface area (Å²) in [5.41, 5.74) is 6.35. The van der Waals surface area contributed by atoms with Crippen LogP contribution in [0.25, 0.3) is 0 Å². The van der Waals surface area contributed by atoms with Crippen LogP contribution in [-0.4, -0.2) is 19.1 Å². The monoisotopic (exact) mass is 227 g/mol. The van der Waals surface area contributed by atoms with Gasteiger partial charge < -0.3 is 10.5 Å². The number of carbonyl (C=O) groups excluding carboxylic acids is 1. The van der Waals surface area contributed by atoms with Gasteiger partial charge in [-0.25, -0.2) is 0 Å². The van der Waals surface area contributed by atoms with Gasteiger partial charge >= 0.3 is 5.97 Å². The molecule has 2 atom stereocenters. The van der Waals surface area contributed by atoms with Crippen LogP contribution in [0.4, 0.5) is 0 Å². The van der Waals surface area contributed by atoms with E-state index in [1.54, 1.807) is 0 Å². The lowest BCUT2D eigenvalue weighted by Gasteiger charge is -2.45. The fourth-order valence-corrected chi connectivity index (χ4v) is 3.30. The van der Waals surface area contributed by atoms with Crippen molar-refractivity contribution in [1.29, 1.82) is 0 Å². The maximum atomic E-state index is 11.6. The summed E-state index contributed by atoms with van der Waals surface area (Å²) >= 11 is 0. The van der Waals surface area contributed by atoms with Crippen molar-refractivity contribution in [3.8, 4) is 0 Å². The molecule has 0 aromatic heterocycles. The molecule has 1 aliphatic carbocycles. The van der Waals surface area contributed by atoms with Crippen molar-refractivity contribution < 1.29 is 9.53 Å². The maximum Gasteiger partial charge on any atom is 0.306 e. The van der Waals surface area contributed by atoms with Crippen LogP contribution in [0.2, 0.25) is 0 Å². The second-order valence-corrected chi connectivity index (χ2v) is 5.66. The zero-order valence-corrected chi connectivity index (χ0v) is 11.0. The van der Waals surface area contributed by atoms with Crippen LogP contribution in [0.3, 0.4) is 0 Å². The molecule has 0 aromatic rings. The van der Waals surface area contributed by atoms with Crippen molar-refractivity contribution in [2.24, 2.45) is 16.6 Å². The second-order valence-electron chi connectivity index (χ2n) is 5.66.